The Balaban J connectivity index is 1.30. The number of amides is 1. The Bertz CT molecular complexity index is 1600. The number of hydrogen-bond donors (Lipinski definition) is 1. The first-order valence-electron chi connectivity index (χ1n) is 14.5. The number of fused-ring (bicyclic) bond motifs is 1. The molecule has 8 nitrogen and oxygen atoms in total. The molecule has 3 aromatic rings. The van der Waals surface area contributed by atoms with Crippen molar-refractivity contribution in [1.82, 2.24) is 4.90 Å². The molecule has 1 fully saturated rings. The number of oxime groups is 1. The third-order valence-corrected chi connectivity index (χ3v) is 8.76. The fraction of sp³-hybridized carbons (Fsp3) is 0.333. The van der Waals surface area contributed by atoms with Crippen molar-refractivity contribution in [1.29, 1.82) is 0 Å². The molecule has 1 N–H and O–H groups in total. The topological polar surface area (TPSA) is 99.5 Å². The lowest BCUT2D eigenvalue weighted by molar-refractivity contribution is -0.149. The normalized spacial score (nSPS) is 19.8. The molecule has 2 atom stereocenters. The zero-order chi connectivity index (χ0) is 30.1. The predicted octanol–water partition coefficient (Wildman–Crippen LogP) is 5.60. The summed E-state index contributed by atoms with van der Waals surface area (Å²) in [6.45, 7) is 2.21. The van der Waals surface area contributed by atoms with E-state index in [-0.39, 0.29) is 40.5 Å². The molecular weight excluding hydrogens is 573 g/mol. The van der Waals surface area contributed by atoms with Crippen molar-refractivity contribution in [3.8, 4) is 0 Å². The number of carbonyl (C=O) groups is 3. The van der Waals surface area contributed by atoms with Gasteiger partial charge in [0.25, 0.3) is 5.91 Å². The number of hydrogen-bond acceptors (Lipinski definition) is 6. The van der Waals surface area contributed by atoms with E-state index in [1.807, 2.05) is 12.1 Å². The first kappa shape index (κ1) is 28.9. The van der Waals surface area contributed by atoms with Crippen LogP contribution < -0.4 is 4.90 Å². The van der Waals surface area contributed by atoms with E-state index in [0.29, 0.717) is 18.5 Å². The highest BCUT2D eigenvalue weighted by Crippen LogP contribution is 2.38. The molecule has 3 aliphatic rings. The van der Waals surface area contributed by atoms with E-state index in [4.69, 9.17) is 16.4 Å². The minimum Gasteiger partial charge on any atom is -0.478 e. The second kappa shape index (κ2) is 12.2. The van der Waals surface area contributed by atoms with E-state index < -0.39 is 29.8 Å². The van der Waals surface area contributed by atoms with Gasteiger partial charge < -0.3 is 19.7 Å². The maximum Gasteiger partial charge on any atom is 0.335 e. The zero-order valence-corrected chi connectivity index (χ0v) is 24.2. The zero-order valence-electron chi connectivity index (χ0n) is 23.5. The largest absolute Gasteiger partial charge is 0.478 e. The van der Waals surface area contributed by atoms with Crippen LogP contribution in [0.4, 0.5) is 10.1 Å². The Hall–Kier alpha value is -4.24. The molecule has 0 aliphatic carbocycles. The van der Waals surface area contributed by atoms with Gasteiger partial charge in [0.1, 0.15) is 6.04 Å². The van der Waals surface area contributed by atoms with Crippen LogP contribution in [-0.4, -0.2) is 59.1 Å². The van der Waals surface area contributed by atoms with Crippen LogP contribution in [0.15, 0.2) is 65.8 Å². The standard InChI is InChI=1S/C33H31ClFN3O5/c34-25-8-4-7-24(30(25)35)26-19-29(43-36-26)32(40)38-17-14-22-23(6-5-9-27(22)37-15-2-1-3-16-37)31(38)28(39)18-20-10-12-21(13-11-20)33(41)42/h4-13,29,31H,1-3,14-19H2,(H,41,42)/t29-,31+/m1/s1. The van der Waals surface area contributed by atoms with Gasteiger partial charge in [-0.15, -0.1) is 0 Å². The molecule has 0 aromatic heterocycles. The number of rotatable bonds is 7. The van der Waals surface area contributed by atoms with Crippen LogP contribution in [0, 0.1) is 5.82 Å². The Labute approximate surface area is 253 Å². The van der Waals surface area contributed by atoms with Gasteiger partial charge in [-0.05, 0) is 72.7 Å². The first-order chi connectivity index (χ1) is 20.8. The number of carboxylic acids is 1. The van der Waals surface area contributed by atoms with Crippen molar-refractivity contribution >= 4 is 40.7 Å². The molecule has 43 heavy (non-hydrogen) atoms. The molecule has 6 rings (SSSR count). The second-order valence-corrected chi connectivity index (χ2v) is 11.6. The van der Waals surface area contributed by atoms with Crippen LogP contribution in [0.1, 0.15) is 64.3 Å². The Morgan fingerprint density at radius 2 is 1.72 bits per heavy atom. The Kier molecular flexibility index (Phi) is 8.17. The van der Waals surface area contributed by atoms with E-state index in [1.54, 1.807) is 23.1 Å². The van der Waals surface area contributed by atoms with Crippen LogP contribution in [0.5, 0.6) is 0 Å². The van der Waals surface area contributed by atoms with E-state index in [2.05, 4.69) is 16.1 Å². The maximum atomic E-state index is 14.7. The molecule has 0 unspecified atom stereocenters. The quantitative estimate of drug-likeness (QED) is 0.378. The Morgan fingerprint density at radius 3 is 2.47 bits per heavy atom. The summed E-state index contributed by atoms with van der Waals surface area (Å²) < 4.78 is 14.7. The van der Waals surface area contributed by atoms with Crippen LogP contribution in [0.25, 0.3) is 0 Å². The lowest BCUT2D eigenvalue weighted by atomic mass is 9.86. The summed E-state index contributed by atoms with van der Waals surface area (Å²) in [5.74, 6) is -2.25. The van der Waals surface area contributed by atoms with Crippen LogP contribution in [-0.2, 0) is 27.3 Å². The molecule has 0 bridgehead atoms. The van der Waals surface area contributed by atoms with Crippen molar-refractivity contribution < 1.29 is 28.7 Å². The van der Waals surface area contributed by atoms with Crippen molar-refractivity contribution in [2.24, 2.45) is 5.16 Å². The molecule has 0 spiro atoms. The van der Waals surface area contributed by atoms with Gasteiger partial charge in [0.2, 0.25) is 6.10 Å². The van der Waals surface area contributed by atoms with Crippen molar-refractivity contribution in [3.05, 3.63) is 99.3 Å². The van der Waals surface area contributed by atoms with Gasteiger partial charge >= 0.3 is 5.97 Å². The third kappa shape index (κ3) is 5.73. The molecule has 0 radical (unpaired) electrons. The van der Waals surface area contributed by atoms with Gasteiger partial charge in [-0.2, -0.15) is 0 Å². The van der Waals surface area contributed by atoms with Crippen molar-refractivity contribution in [2.75, 3.05) is 24.5 Å². The lowest BCUT2D eigenvalue weighted by Gasteiger charge is -2.40. The number of carbonyl (C=O) groups excluding carboxylic acids is 2. The fourth-order valence-electron chi connectivity index (χ4n) is 6.31. The highest BCUT2D eigenvalue weighted by atomic mass is 35.5. The summed E-state index contributed by atoms with van der Waals surface area (Å²) in [6, 6.07) is 15.9. The van der Waals surface area contributed by atoms with Gasteiger partial charge in [0, 0.05) is 43.7 Å². The van der Waals surface area contributed by atoms with Gasteiger partial charge in [-0.25, -0.2) is 9.18 Å². The van der Waals surface area contributed by atoms with Gasteiger partial charge in [0.05, 0.1) is 16.3 Å². The van der Waals surface area contributed by atoms with Gasteiger partial charge in [-0.1, -0.05) is 47.1 Å². The Morgan fingerprint density at radius 1 is 0.977 bits per heavy atom. The van der Waals surface area contributed by atoms with Crippen LogP contribution in [0.3, 0.4) is 0 Å². The maximum absolute atomic E-state index is 14.7. The average molecular weight is 604 g/mol. The minimum absolute atomic E-state index is 0.0166. The predicted molar refractivity (Wildman–Crippen MR) is 160 cm³/mol. The number of anilines is 1. The first-order valence-corrected chi connectivity index (χ1v) is 14.9. The summed E-state index contributed by atoms with van der Waals surface area (Å²) in [5.41, 5.74) is 4.20. The van der Waals surface area contributed by atoms with E-state index in [1.165, 1.54) is 30.7 Å². The van der Waals surface area contributed by atoms with E-state index >= 15 is 0 Å². The highest BCUT2D eigenvalue weighted by Gasteiger charge is 2.42. The molecule has 10 heteroatoms. The lowest BCUT2D eigenvalue weighted by Crippen LogP contribution is -2.48. The summed E-state index contributed by atoms with van der Waals surface area (Å²) in [4.78, 5) is 48.8. The number of nitrogens with zero attached hydrogens (tertiary/aromatic N) is 3. The number of ketones is 1. The molecular formula is C33H31ClFN3O5. The van der Waals surface area contributed by atoms with Gasteiger partial charge in [-0.3, -0.25) is 9.59 Å². The second-order valence-electron chi connectivity index (χ2n) is 11.2. The number of piperidine rings is 1. The number of halogens is 2. The van der Waals surface area contributed by atoms with Crippen molar-refractivity contribution in [3.63, 3.8) is 0 Å². The molecule has 1 amide bonds. The highest BCUT2D eigenvalue weighted by molar-refractivity contribution is 6.31. The summed E-state index contributed by atoms with van der Waals surface area (Å²) in [6.07, 6.45) is 3.04. The number of benzene rings is 3. The smallest absolute Gasteiger partial charge is 0.335 e. The molecule has 3 aliphatic heterocycles. The summed E-state index contributed by atoms with van der Waals surface area (Å²) in [5, 5.41) is 13.2. The number of aromatic carboxylic acids is 1. The third-order valence-electron chi connectivity index (χ3n) is 8.47. The summed E-state index contributed by atoms with van der Waals surface area (Å²) in [7, 11) is 0. The SMILES string of the molecule is O=C(O)c1ccc(CC(=O)[C@@H]2c3cccc(N4CCCCC4)c3CCN2C(=O)[C@H]2CC(c3cccc(Cl)c3F)=NO2)cc1. The van der Waals surface area contributed by atoms with Crippen LogP contribution in [0.2, 0.25) is 5.02 Å². The van der Waals surface area contributed by atoms with Gasteiger partial charge in [0.15, 0.2) is 11.6 Å². The molecule has 0 saturated carbocycles. The molecule has 3 aromatic carbocycles. The van der Waals surface area contributed by atoms with E-state index in [0.717, 1.165) is 42.7 Å². The monoisotopic (exact) mass is 603 g/mol. The molecule has 222 valence electrons. The average Bonchev–Trinajstić information content (AvgIpc) is 3.52. The minimum atomic E-state index is -1.04. The number of carboxylic acid groups (broad SMARTS) is 1. The number of Topliss-reactive ketones (excluding diaryl/α,β-unsaturated/α-hetero) is 1. The summed E-state index contributed by atoms with van der Waals surface area (Å²) >= 11 is 5.96. The van der Waals surface area contributed by atoms with Crippen LogP contribution >= 0.6 is 11.6 Å². The van der Waals surface area contributed by atoms with Crippen molar-refractivity contribution in [2.45, 2.75) is 50.7 Å². The molecule has 3 heterocycles. The van der Waals surface area contributed by atoms with E-state index in [9.17, 15) is 23.9 Å². The fourth-order valence-corrected chi connectivity index (χ4v) is 6.48. The molecule has 1 saturated heterocycles.